The molecule has 1 aromatic carbocycles. The minimum Gasteiger partial charge on any atom is -0.479 e. The molecule has 0 aliphatic heterocycles. The van der Waals surface area contributed by atoms with E-state index < -0.39 is 12.1 Å². The fourth-order valence-corrected chi connectivity index (χ4v) is 1.70. The second-order valence-corrected chi connectivity index (χ2v) is 4.07. The van der Waals surface area contributed by atoms with E-state index in [2.05, 4.69) is 4.74 Å². The first-order valence-corrected chi connectivity index (χ1v) is 5.59. The molecule has 0 spiro atoms. The molecule has 0 amide bonds. The normalized spacial score (nSPS) is 11.9. The Kier molecular flexibility index (Phi) is 5.12. The molecular weight excluding hydrogens is 260 g/mol. The van der Waals surface area contributed by atoms with Gasteiger partial charge in [0.25, 0.3) is 0 Å². The van der Waals surface area contributed by atoms with Crippen LogP contribution in [0.3, 0.4) is 0 Å². The zero-order chi connectivity index (χ0) is 13.7. The van der Waals surface area contributed by atoms with Gasteiger partial charge in [-0.2, -0.15) is 0 Å². The number of carbonyl (C=O) groups is 2. The summed E-state index contributed by atoms with van der Waals surface area (Å²) in [5.74, 6) is -1.69. The molecule has 6 heteroatoms. The fourth-order valence-electron chi connectivity index (χ4n) is 1.42. The smallest absolute Gasteiger partial charge is 0.337 e. The highest BCUT2D eigenvalue weighted by molar-refractivity contribution is 6.31. The van der Waals surface area contributed by atoms with Crippen molar-refractivity contribution in [1.82, 2.24) is 0 Å². The van der Waals surface area contributed by atoms with E-state index in [0.717, 1.165) is 0 Å². The minimum absolute atomic E-state index is 0.192. The molecule has 1 unspecified atom stereocenters. The van der Waals surface area contributed by atoms with Crippen LogP contribution in [-0.2, 0) is 20.7 Å². The van der Waals surface area contributed by atoms with Crippen LogP contribution in [0.1, 0.15) is 23.7 Å². The highest BCUT2D eigenvalue weighted by Crippen LogP contribution is 2.23. The van der Waals surface area contributed by atoms with E-state index in [1.807, 2.05) is 0 Å². The molecule has 5 nitrogen and oxygen atoms in total. The summed E-state index contributed by atoms with van der Waals surface area (Å²) in [4.78, 5) is 21.6. The monoisotopic (exact) mass is 272 g/mol. The minimum atomic E-state index is -1.60. The van der Waals surface area contributed by atoms with Crippen molar-refractivity contribution in [3.05, 3.63) is 34.3 Å². The molecule has 1 rings (SSSR count). The number of hydrogen-bond donors (Lipinski definition) is 2. The highest BCUT2D eigenvalue weighted by atomic mass is 35.5. The predicted octanol–water partition coefficient (Wildman–Crippen LogP) is 1.56. The summed E-state index contributed by atoms with van der Waals surface area (Å²) in [6.07, 6.45) is -1.01. The predicted molar refractivity (Wildman–Crippen MR) is 64.4 cm³/mol. The second-order valence-electron chi connectivity index (χ2n) is 3.67. The number of hydrogen-bond acceptors (Lipinski definition) is 4. The number of rotatable bonds is 5. The first-order chi connectivity index (χ1) is 8.45. The third-order valence-corrected chi connectivity index (χ3v) is 2.80. The number of ether oxygens (including phenoxy) is 1. The van der Waals surface area contributed by atoms with Gasteiger partial charge in [0, 0.05) is 11.4 Å². The average Bonchev–Trinajstić information content (AvgIpc) is 2.35. The Balaban J connectivity index is 2.80. The molecule has 0 saturated heterocycles. The van der Waals surface area contributed by atoms with Crippen molar-refractivity contribution in [2.45, 2.75) is 18.9 Å². The van der Waals surface area contributed by atoms with Crippen molar-refractivity contribution in [2.24, 2.45) is 0 Å². The van der Waals surface area contributed by atoms with Crippen LogP contribution in [0.15, 0.2) is 18.2 Å². The van der Waals surface area contributed by atoms with Crippen LogP contribution < -0.4 is 0 Å². The van der Waals surface area contributed by atoms with Crippen molar-refractivity contribution in [2.75, 3.05) is 7.11 Å². The number of aryl methyl sites for hydroxylation is 1. The Morgan fingerprint density at radius 1 is 1.44 bits per heavy atom. The number of carbonyl (C=O) groups excluding carboxylic acids is 1. The molecule has 0 radical (unpaired) electrons. The van der Waals surface area contributed by atoms with E-state index in [1.54, 1.807) is 6.07 Å². The number of aliphatic carboxylic acids is 1. The van der Waals surface area contributed by atoms with Gasteiger partial charge in [-0.3, -0.25) is 4.79 Å². The van der Waals surface area contributed by atoms with Crippen molar-refractivity contribution in [3.8, 4) is 0 Å². The molecule has 1 atom stereocenters. The molecule has 98 valence electrons. The van der Waals surface area contributed by atoms with E-state index >= 15 is 0 Å². The van der Waals surface area contributed by atoms with Crippen LogP contribution in [0.4, 0.5) is 0 Å². The van der Waals surface area contributed by atoms with Gasteiger partial charge in [0.05, 0.1) is 7.11 Å². The first-order valence-electron chi connectivity index (χ1n) is 5.21. The van der Waals surface area contributed by atoms with Gasteiger partial charge < -0.3 is 14.9 Å². The molecule has 2 N–H and O–H groups in total. The molecule has 0 aliphatic carbocycles. The number of carboxylic acids is 1. The van der Waals surface area contributed by atoms with Gasteiger partial charge in [0.15, 0.2) is 6.10 Å². The Morgan fingerprint density at radius 2 is 2.11 bits per heavy atom. The summed E-state index contributed by atoms with van der Waals surface area (Å²) in [7, 11) is 1.30. The van der Waals surface area contributed by atoms with Crippen LogP contribution in [0, 0.1) is 0 Å². The fraction of sp³-hybridized carbons (Fsp3) is 0.333. The Hall–Kier alpha value is -1.59. The zero-order valence-corrected chi connectivity index (χ0v) is 10.5. The van der Waals surface area contributed by atoms with Gasteiger partial charge in [-0.25, -0.2) is 4.79 Å². The lowest BCUT2D eigenvalue weighted by molar-refractivity contribution is -0.147. The van der Waals surface area contributed by atoms with Gasteiger partial charge in [-0.05, 0) is 23.6 Å². The summed E-state index contributed by atoms with van der Waals surface area (Å²) in [5, 5.41) is 18.3. The highest BCUT2D eigenvalue weighted by Gasteiger charge is 2.17. The van der Waals surface area contributed by atoms with Crippen LogP contribution in [0.5, 0.6) is 0 Å². The molecule has 0 aromatic heterocycles. The van der Waals surface area contributed by atoms with Crippen molar-refractivity contribution >= 4 is 23.5 Å². The summed E-state index contributed by atoms with van der Waals surface area (Å²) in [6.45, 7) is 0. The van der Waals surface area contributed by atoms with E-state index in [-0.39, 0.29) is 18.0 Å². The number of halogens is 1. The zero-order valence-electron chi connectivity index (χ0n) is 9.72. The van der Waals surface area contributed by atoms with Crippen molar-refractivity contribution in [3.63, 3.8) is 0 Å². The lowest BCUT2D eigenvalue weighted by Crippen LogP contribution is -2.10. The lowest BCUT2D eigenvalue weighted by Gasteiger charge is -2.09. The number of aliphatic hydroxyl groups is 1. The van der Waals surface area contributed by atoms with Gasteiger partial charge >= 0.3 is 11.9 Å². The van der Waals surface area contributed by atoms with E-state index in [4.69, 9.17) is 16.7 Å². The number of esters is 1. The van der Waals surface area contributed by atoms with Gasteiger partial charge in [0.2, 0.25) is 0 Å². The lowest BCUT2D eigenvalue weighted by atomic mass is 10.0. The Labute approximate surface area is 109 Å². The third kappa shape index (κ3) is 3.72. The molecule has 0 bridgehead atoms. The molecule has 18 heavy (non-hydrogen) atoms. The topological polar surface area (TPSA) is 83.8 Å². The van der Waals surface area contributed by atoms with E-state index in [9.17, 15) is 14.7 Å². The van der Waals surface area contributed by atoms with Crippen LogP contribution in [-0.4, -0.2) is 29.3 Å². The SMILES string of the molecule is COC(=O)CCc1ccc(C(O)C(=O)O)cc1Cl. The summed E-state index contributed by atoms with van der Waals surface area (Å²) in [6, 6.07) is 4.44. The molecular formula is C12H13ClO5. The standard InChI is InChI=1S/C12H13ClO5/c1-18-10(14)5-4-7-2-3-8(6-9(7)13)11(15)12(16)17/h2-3,6,11,15H,4-5H2,1H3,(H,16,17). The molecule has 1 aromatic rings. The van der Waals surface area contributed by atoms with Crippen LogP contribution in [0.2, 0.25) is 5.02 Å². The van der Waals surface area contributed by atoms with Crippen LogP contribution in [0.25, 0.3) is 0 Å². The molecule has 0 fully saturated rings. The number of carboxylic acid groups (broad SMARTS) is 1. The average molecular weight is 273 g/mol. The number of benzene rings is 1. The maximum atomic E-state index is 11.0. The Bertz CT molecular complexity index is 458. The van der Waals surface area contributed by atoms with Crippen LogP contribution >= 0.6 is 11.6 Å². The number of aliphatic hydroxyl groups excluding tert-OH is 1. The maximum Gasteiger partial charge on any atom is 0.337 e. The second kappa shape index (κ2) is 6.37. The van der Waals surface area contributed by atoms with Gasteiger partial charge in [0.1, 0.15) is 0 Å². The van der Waals surface area contributed by atoms with Crippen molar-refractivity contribution < 1.29 is 24.5 Å². The third-order valence-electron chi connectivity index (χ3n) is 2.45. The summed E-state index contributed by atoms with van der Waals surface area (Å²) >= 11 is 5.95. The van der Waals surface area contributed by atoms with Gasteiger partial charge in [-0.15, -0.1) is 0 Å². The maximum absolute atomic E-state index is 11.0. The van der Waals surface area contributed by atoms with E-state index in [0.29, 0.717) is 17.0 Å². The quantitative estimate of drug-likeness (QED) is 0.795. The molecule has 0 heterocycles. The summed E-state index contributed by atoms with van der Waals surface area (Å²) in [5.41, 5.74) is 0.901. The van der Waals surface area contributed by atoms with E-state index in [1.165, 1.54) is 19.2 Å². The largest absolute Gasteiger partial charge is 0.479 e. The molecule has 0 saturated carbocycles. The Morgan fingerprint density at radius 3 is 2.61 bits per heavy atom. The molecule has 0 aliphatic rings. The number of methoxy groups -OCH3 is 1. The van der Waals surface area contributed by atoms with Gasteiger partial charge in [-0.1, -0.05) is 23.7 Å². The van der Waals surface area contributed by atoms with Crippen molar-refractivity contribution in [1.29, 1.82) is 0 Å². The first kappa shape index (κ1) is 14.5. The summed E-state index contributed by atoms with van der Waals surface area (Å²) < 4.78 is 4.51.